The molecule has 106 valence electrons. The summed E-state index contributed by atoms with van der Waals surface area (Å²) in [6.07, 6.45) is 7.64. The van der Waals surface area contributed by atoms with E-state index in [4.69, 9.17) is 0 Å². The number of carbonyl (C=O) groups excluding carboxylic acids is 1. The molecule has 1 saturated heterocycles. The second kappa shape index (κ2) is 5.74. The van der Waals surface area contributed by atoms with Gasteiger partial charge in [0.2, 0.25) is 5.91 Å². The molecule has 0 spiro atoms. The van der Waals surface area contributed by atoms with Crippen LogP contribution in [0.5, 0.6) is 0 Å². The summed E-state index contributed by atoms with van der Waals surface area (Å²) in [7, 11) is 3.82. The molecule has 1 amide bonds. The van der Waals surface area contributed by atoms with Gasteiger partial charge in [-0.1, -0.05) is 13.3 Å². The van der Waals surface area contributed by atoms with E-state index < -0.39 is 0 Å². The number of aryl methyl sites for hydroxylation is 1. The first-order valence-corrected chi connectivity index (χ1v) is 7.06. The van der Waals surface area contributed by atoms with E-state index in [-0.39, 0.29) is 11.4 Å². The molecule has 0 aromatic carbocycles. The summed E-state index contributed by atoms with van der Waals surface area (Å²) < 4.78 is 1.96. The zero-order valence-corrected chi connectivity index (χ0v) is 12.1. The van der Waals surface area contributed by atoms with Crippen LogP contribution in [0.1, 0.15) is 38.4 Å². The molecule has 2 rings (SSSR count). The molecule has 0 radical (unpaired) electrons. The summed E-state index contributed by atoms with van der Waals surface area (Å²) in [6.45, 7) is 3.64. The molecule has 2 heterocycles. The Hall–Kier alpha value is -1.36. The van der Waals surface area contributed by atoms with Gasteiger partial charge in [-0.15, -0.1) is 0 Å². The Balaban J connectivity index is 2.07. The van der Waals surface area contributed by atoms with E-state index in [2.05, 4.69) is 17.2 Å². The predicted molar refractivity (Wildman–Crippen MR) is 74.6 cm³/mol. The lowest BCUT2D eigenvalue weighted by atomic mass is 9.90. The van der Waals surface area contributed by atoms with Crippen LogP contribution in [0.25, 0.3) is 0 Å². The van der Waals surface area contributed by atoms with Crippen molar-refractivity contribution in [2.24, 2.45) is 7.05 Å². The van der Waals surface area contributed by atoms with Crippen LogP contribution in [0.2, 0.25) is 0 Å². The number of carbonyl (C=O) groups is 1. The lowest BCUT2D eigenvalue weighted by molar-refractivity contribution is -0.137. The molecule has 1 fully saturated rings. The number of aromatic nitrogens is 2. The number of nitrogens with zero attached hydrogens (tertiary/aromatic N) is 3. The van der Waals surface area contributed by atoms with E-state index in [1.54, 1.807) is 11.1 Å². The van der Waals surface area contributed by atoms with Crippen LogP contribution < -0.4 is 5.32 Å². The molecule has 1 aromatic rings. The van der Waals surface area contributed by atoms with Crippen molar-refractivity contribution in [3.8, 4) is 0 Å². The van der Waals surface area contributed by atoms with Crippen LogP contribution in [0, 0.1) is 0 Å². The number of nitrogens with one attached hydrogen (secondary N) is 1. The fourth-order valence-corrected chi connectivity index (χ4v) is 2.93. The molecule has 19 heavy (non-hydrogen) atoms. The first-order chi connectivity index (χ1) is 9.09. The zero-order chi connectivity index (χ0) is 13.9. The Morgan fingerprint density at radius 2 is 2.42 bits per heavy atom. The van der Waals surface area contributed by atoms with Gasteiger partial charge in [0.05, 0.1) is 12.1 Å². The lowest BCUT2D eigenvalue weighted by Crippen LogP contribution is -2.53. The van der Waals surface area contributed by atoms with Gasteiger partial charge in [0.1, 0.15) is 5.82 Å². The number of hydrogen-bond donors (Lipinski definition) is 1. The first-order valence-electron chi connectivity index (χ1n) is 7.06. The highest BCUT2D eigenvalue weighted by Crippen LogP contribution is 2.27. The Kier molecular flexibility index (Phi) is 4.24. The minimum absolute atomic E-state index is 0.204. The molecule has 5 heteroatoms. The summed E-state index contributed by atoms with van der Waals surface area (Å²) >= 11 is 0. The Morgan fingerprint density at radius 1 is 1.63 bits per heavy atom. The second-order valence-electron chi connectivity index (χ2n) is 5.48. The van der Waals surface area contributed by atoms with Crippen molar-refractivity contribution in [1.82, 2.24) is 19.8 Å². The molecular weight excluding hydrogens is 240 g/mol. The summed E-state index contributed by atoms with van der Waals surface area (Å²) in [5, 5.41) is 3.43. The predicted octanol–water partition coefficient (Wildman–Crippen LogP) is 1.30. The molecule has 1 aliphatic rings. The maximum Gasteiger partial charge on any atom is 0.243 e. The van der Waals surface area contributed by atoms with Crippen molar-refractivity contribution in [3.63, 3.8) is 0 Å². The van der Waals surface area contributed by atoms with Gasteiger partial charge in [0.25, 0.3) is 0 Å². The van der Waals surface area contributed by atoms with Gasteiger partial charge < -0.3 is 14.8 Å². The summed E-state index contributed by atoms with van der Waals surface area (Å²) in [4.78, 5) is 18.8. The molecule has 1 unspecified atom stereocenters. The highest BCUT2D eigenvalue weighted by Gasteiger charge is 2.41. The van der Waals surface area contributed by atoms with Crippen LogP contribution in [0.15, 0.2) is 12.4 Å². The van der Waals surface area contributed by atoms with E-state index >= 15 is 0 Å². The number of rotatable bonds is 5. The third-order valence-corrected chi connectivity index (χ3v) is 3.98. The van der Waals surface area contributed by atoms with E-state index in [9.17, 15) is 4.79 Å². The van der Waals surface area contributed by atoms with Crippen LogP contribution >= 0.6 is 0 Å². The Morgan fingerprint density at radius 3 is 2.95 bits per heavy atom. The van der Waals surface area contributed by atoms with Crippen molar-refractivity contribution in [2.45, 2.75) is 44.7 Å². The maximum absolute atomic E-state index is 12.7. The number of likely N-dealkylation sites (N-methyl/N-ethyl adjacent to an activating group) is 1. The molecule has 0 saturated carbocycles. The van der Waals surface area contributed by atoms with Crippen molar-refractivity contribution in [2.75, 3.05) is 13.6 Å². The Labute approximate surface area is 115 Å². The topological polar surface area (TPSA) is 50.2 Å². The van der Waals surface area contributed by atoms with Crippen LogP contribution in [-0.2, 0) is 18.4 Å². The molecule has 0 bridgehead atoms. The van der Waals surface area contributed by atoms with Gasteiger partial charge in [0.15, 0.2) is 0 Å². The lowest BCUT2D eigenvalue weighted by Gasteiger charge is -2.32. The minimum Gasteiger partial charge on any atom is -0.337 e. The van der Waals surface area contributed by atoms with Crippen molar-refractivity contribution < 1.29 is 4.79 Å². The molecule has 5 nitrogen and oxygen atoms in total. The van der Waals surface area contributed by atoms with E-state index in [0.717, 1.165) is 38.1 Å². The third kappa shape index (κ3) is 2.81. The van der Waals surface area contributed by atoms with E-state index in [0.29, 0.717) is 6.54 Å². The molecule has 1 aromatic heterocycles. The van der Waals surface area contributed by atoms with Crippen LogP contribution in [0.3, 0.4) is 0 Å². The quantitative estimate of drug-likeness (QED) is 0.872. The van der Waals surface area contributed by atoms with Crippen molar-refractivity contribution >= 4 is 5.91 Å². The smallest absolute Gasteiger partial charge is 0.243 e. The van der Waals surface area contributed by atoms with Gasteiger partial charge in [0, 0.05) is 26.5 Å². The summed E-state index contributed by atoms with van der Waals surface area (Å²) in [6, 6.07) is 0. The van der Waals surface area contributed by atoms with Crippen LogP contribution in [0.4, 0.5) is 0 Å². The normalized spacial score (nSPS) is 22.7. The SMILES string of the molecule is CCCC1(C(=O)N(C)Cc2nccn2C)CCCN1. The van der Waals surface area contributed by atoms with Crippen LogP contribution in [-0.4, -0.2) is 39.5 Å². The standard InChI is InChI=1S/C14H24N4O/c1-4-6-14(7-5-8-16-14)13(19)18(3)11-12-15-9-10-17(12)2/h9-10,16H,4-8,11H2,1-3H3. The molecular formula is C14H24N4O. The second-order valence-corrected chi connectivity index (χ2v) is 5.48. The summed E-state index contributed by atoms with van der Waals surface area (Å²) in [5.74, 6) is 1.12. The minimum atomic E-state index is -0.339. The molecule has 1 aliphatic heterocycles. The Bertz CT molecular complexity index is 434. The first kappa shape index (κ1) is 14.1. The average molecular weight is 264 g/mol. The molecule has 0 aliphatic carbocycles. The van der Waals surface area contributed by atoms with Crippen molar-refractivity contribution in [3.05, 3.63) is 18.2 Å². The number of hydrogen-bond acceptors (Lipinski definition) is 3. The summed E-state index contributed by atoms with van der Waals surface area (Å²) in [5.41, 5.74) is -0.339. The van der Waals surface area contributed by atoms with Crippen molar-refractivity contribution in [1.29, 1.82) is 0 Å². The highest BCUT2D eigenvalue weighted by molar-refractivity contribution is 5.86. The monoisotopic (exact) mass is 264 g/mol. The third-order valence-electron chi connectivity index (χ3n) is 3.98. The largest absolute Gasteiger partial charge is 0.337 e. The maximum atomic E-state index is 12.7. The van der Waals surface area contributed by atoms with Gasteiger partial charge in [-0.3, -0.25) is 4.79 Å². The number of amides is 1. The fourth-order valence-electron chi connectivity index (χ4n) is 2.93. The fraction of sp³-hybridized carbons (Fsp3) is 0.714. The van der Waals surface area contributed by atoms with E-state index in [1.165, 1.54) is 0 Å². The molecule has 1 atom stereocenters. The van der Waals surface area contributed by atoms with Gasteiger partial charge in [-0.05, 0) is 25.8 Å². The zero-order valence-electron chi connectivity index (χ0n) is 12.1. The average Bonchev–Trinajstić information content (AvgIpc) is 3.00. The van der Waals surface area contributed by atoms with E-state index in [1.807, 2.05) is 24.9 Å². The highest BCUT2D eigenvalue weighted by atomic mass is 16.2. The van der Waals surface area contributed by atoms with Gasteiger partial charge >= 0.3 is 0 Å². The van der Waals surface area contributed by atoms with Gasteiger partial charge in [-0.2, -0.15) is 0 Å². The number of imidazole rings is 1. The molecule has 1 N–H and O–H groups in total. The van der Waals surface area contributed by atoms with Gasteiger partial charge in [-0.25, -0.2) is 4.98 Å².